The van der Waals surface area contributed by atoms with Gasteiger partial charge in [-0.25, -0.2) is 15.4 Å². The molecule has 1 aromatic carbocycles. The summed E-state index contributed by atoms with van der Waals surface area (Å²) < 4.78 is 0. The summed E-state index contributed by atoms with van der Waals surface area (Å²) in [6.07, 6.45) is 1.44. The van der Waals surface area contributed by atoms with E-state index in [0.29, 0.717) is 11.1 Å². The Balaban J connectivity index is 2.60. The molecule has 2 aromatic rings. The average molecular weight is 232 g/mol. The SMILES string of the molecule is CN(C)c1ncnc2cc(C(=O)NO)ccc12. The lowest BCUT2D eigenvalue weighted by Crippen LogP contribution is -2.18. The van der Waals surface area contributed by atoms with Crippen LogP contribution in [0.1, 0.15) is 10.4 Å². The molecule has 0 radical (unpaired) electrons. The number of nitrogens with one attached hydrogen (secondary N) is 1. The third-order valence-electron chi connectivity index (χ3n) is 2.40. The third kappa shape index (κ3) is 2.02. The van der Waals surface area contributed by atoms with E-state index in [0.717, 1.165) is 11.2 Å². The minimum atomic E-state index is -0.558. The van der Waals surface area contributed by atoms with E-state index in [2.05, 4.69) is 9.97 Å². The molecule has 1 amide bonds. The predicted octanol–water partition coefficient (Wildman–Crippen LogP) is 0.815. The van der Waals surface area contributed by atoms with Crippen LogP contribution in [0.2, 0.25) is 0 Å². The van der Waals surface area contributed by atoms with Crippen LogP contribution in [0, 0.1) is 0 Å². The number of hydrogen-bond acceptors (Lipinski definition) is 5. The van der Waals surface area contributed by atoms with Crippen molar-refractivity contribution in [3.63, 3.8) is 0 Å². The highest BCUT2D eigenvalue weighted by molar-refractivity contribution is 5.99. The number of amides is 1. The number of benzene rings is 1. The van der Waals surface area contributed by atoms with Crippen LogP contribution in [0.3, 0.4) is 0 Å². The fourth-order valence-electron chi connectivity index (χ4n) is 1.61. The zero-order chi connectivity index (χ0) is 12.4. The second kappa shape index (κ2) is 4.34. The lowest BCUT2D eigenvalue weighted by molar-refractivity contribution is 0.0706. The number of hydroxylamine groups is 1. The molecule has 0 aliphatic rings. The largest absolute Gasteiger partial charge is 0.362 e. The Bertz CT molecular complexity index is 568. The lowest BCUT2D eigenvalue weighted by atomic mass is 10.1. The second-order valence-electron chi connectivity index (χ2n) is 3.76. The van der Waals surface area contributed by atoms with Crippen LogP contribution in [0.25, 0.3) is 10.9 Å². The van der Waals surface area contributed by atoms with Crippen molar-refractivity contribution in [3.8, 4) is 0 Å². The molecule has 0 spiro atoms. The van der Waals surface area contributed by atoms with E-state index < -0.39 is 5.91 Å². The van der Waals surface area contributed by atoms with Crippen molar-refractivity contribution in [3.05, 3.63) is 30.1 Å². The van der Waals surface area contributed by atoms with Crippen molar-refractivity contribution in [2.24, 2.45) is 0 Å². The molecule has 0 saturated heterocycles. The molecule has 2 rings (SSSR count). The number of carbonyl (C=O) groups excluding carboxylic acids is 1. The van der Waals surface area contributed by atoms with Gasteiger partial charge in [-0.15, -0.1) is 0 Å². The standard InChI is InChI=1S/C11H12N4O2/c1-15(2)10-8-4-3-7(11(16)14-17)5-9(8)12-6-13-10/h3-6,17H,1-2H3,(H,14,16). The molecule has 2 N–H and O–H groups in total. The van der Waals surface area contributed by atoms with E-state index >= 15 is 0 Å². The first-order valence-corrected chi connectivity index (χ1v) is 5.00. The topological polar surface area (TPSA) is 78.4 Å². The summed E-state index contributed by atoms with van der Waals surface area (Å²) >= 11 is 0. The summed E-state index contributed by atoms with van der Waals surface area (Å²) in [5.41, 5.74) is 2.60. The molecular weight excluding hydrogens is 220 g/mol. The monoisotopic (exact) mass is 232 g/mol. The van der Waals surface area contributed by atoms with Gasteiger partial charge in [0.05, 0.1) is 5.52 Å². The molecular formula is C11H12N4O2. The van der Waals surface area contributed by atoms with E-state index in [1.165, 1.54) is 6.33 Å². The molecule has 0 atom stereocenters. The Hall–Kier alpha value is -2.21. The van der Waals surface area contributed by atoms with Crippen LogP contribution in [0.15, 0.2) is 24.5 Å². The van der Waals surface area contributed by atoms with Gasteiger partial charge >= 0.3 is 0 Å². The van der Waals surface area contributed by atoms with Gasteiger partial charge in [-0.05, 0) is 18.2 Å². The molecule has 0 unspecified atom stereocenters. The van der Waals surface area contributed by atoms with Gasteiger partial charge in [-0.3, -0.25) is 10.0 Å². The Morgan fingerprint density at radius 2 is 2.12 bits per heavy atom. The normalized spacial score (nSPS) is 10.3. The number of hydrogen-bond donors (Lipinski definition) is 2. The fraction of sp³-hybridized carbons (Fsp3) is 0.182. The quantitative estimate of drug-likeness (QED) is 0.592. The average Bonchev–Trinajstić information content (AvgIpc) is 2.36. The molecule has 0 aliphatic carbocycles. The molecule has 0 aliphatic heterocycles. The van der Waals surface area contributed by atoms with Crippen LogP contribution in [-0.2, 0) is 0 Å². The van der Waals surface area contributed by atoms with Crippen LogP contribution >= 0.6 is 0 Å². The Kier molecular flexibility index (Phi) is 2.88. The predicted molar refractivity (Wildman–Crippen MR) is 63.1 cm³/mol. The van der Waals surface area contributed by atoms with Crippen LogP contribution in [0.5, 0.6) is 0 Å². The van der Waals surface area contributed by atoms with E-state index in [9.17, 15) is 4.79 Å². The van der Waals surface area contributed by atoms with Crippen LogP contribution in [0.4, 0.5) is 5.82 Å². The fourth-order valence-corrected chi connectivity index (χ4v) is 1.61. The minimum Gasteiger partial charge on any atom is -0.362 e. The number of anilines is 1. The van der Waals surface area contributed by atoms with Gasteiger partial charge in [-0.1, -0.05) is 0 Å². The lowest BCUT2D eigenvalue weighted by Gasteiger charge is -2.13. The third-order valence-corrected chi connectivity index (χ3v) is 2.40. The number of fused-ring (bicyclic) bond motifs is 1. The molecule has 6 heteroatoms. The molecule has 0 fully saturated rings. The smallest absolute Gasteiger partial charge is 0.274 e. The molecule has 1 heterocycles. The first-order chi connectivity index (χ1) is 8.13. The summed E-state index contributed by atoms with van der Waals surface area (Å²) in [4.78, 5) is 21.4. The van der Waals surface area contributed by atoms with E-state index in [1.54, 1.807) is 23.7 Å². The van der Waals surface area contributed by atoms with E-state index in [4.69, 9.17) is 5.21 Å². The van der Waals surface area contributed by atoms with Gasteiger partial charge < -0.3 is 4.90 Å². The van der Waals surface area contributed by atoms with Crippen LogP contribution < -0.4 is 10.4 Å². The number of aromatic nitrogens is 2. The second-order valence-corrected chi connectivity index (χ2v) is 3.76. The van der Waals surface area contributed by atoms with Gasteiger partial charge in [0.25, 0.3) is 5.91 Å². The zero-order valence-electron chi connectivity index (χ0n) is 9.51. The molecule has 1 aromatic heterocycles. The highest BCUT2D eigenvalue weighted by Gasteiger charge is 2.09. The van der Waals surface area contributed by atoms with E-state index in [-0.39, 0.29) is 0 Å². The van der Waals surface area contributed by atoms with Gasteiger partial charge in [0.1, 0.15) is 12.1 Å². The summed E-state index contributed by atoms with van der Waals surface area (Å²) in [5, 5.41) is 9.42. The summed E-state index contributed by atoms with van der Waals surface area (Å²) in [6, 6.07) is 4.98. The number of nitrogens with zero attached hydrogens (tertiary/aromatic N) is 3. The first kappa shape index (κ1) is 11.3. The summed E-state index contributed by atoms with van der Waals surface area (Å²) in [6.45, 7) is 0. The first-order valence-electron chi connectivity index (χ1n) is 5.00. The summed E-state index contributed by atoms with van der Waals surface area (Å²) in [5.74, 6) is 0.225. The number of rotatable bonds is 2. The molecule has 17 heavy (non-hydrogen) atoms. The Morgan fingerprint density at radius 3 is 2.76 bits per heavy atom. The Morgan fingerprint density at radius 1 is 1.35 bits per heavy atom. The van der Waals surface area contributed by atoms with Crippen molar-refractivity contribution in [2.45, 2.75) is 0 Å². The molecule has 88 valence electrons. The van der Waals surface area contributed by atoms with Crippen LogP contribution in [-0.4, -0.2) is 35.2 Å². The van der Waals surface area contributed by atoms with Crippen molar-refractivity contribution < 1.29 is 10.0 Å². The molecule has 0 saturated carbocycles. The molecule has 6 nitrogen and oxygen atoms in total. The molecule has 0 bridgehead atoms. The maximum absolute atomic E-state index is 11.3. The maximum atomic E-state index is 11.3. The van der Waals surface area contributed by atoms with Gasteiger partial charge in [-0.2, -0.15) is 0 Å². The van der Waals surface area contributed by atoms with Crippen molar-refractivity contribution in [2.75, 3.05) is 19.0 Å². The zero-order valence-corrected chi connectivity index (χ0v) is 9.51. The van der Waals surface area contributed by atoms with Gasteiger partial charge in [0, 0.05) is 25.0 Å². The van der Waals surface area contributed by atoms with Gasteiger partial charge in [0.15, 0.2) is 0 Å². The highest BCUT2D eigenvalue weighted by Crippen LogP contribution is 2.21. The van der Waals surface area contributed by atoms with Crippen molar-refractivity contribution in [1.82, 2.24) is 15.4 Å². The van der Waals surface area contributed by atoms with Crippen molar-refractivity contribution >= 4 is 22.6 Å². The maximum Gasteiger partial charge on any atom is 0.274 e. The van der Waals surface area contributed by atoms with Gasteiger partial charge in [0.2, 0.25) is 0 Å². The number of carbonyl (C=O) groups is 1. The summed E-state index contributed by atoms with van der Waals surface area (Å²) in [7, 11) is 3.77. The Labute approximate surface area is 97.9 Å². The van der Waals surface area contributed by atoms with E-state index in [1.807, 2.05) is 19.0 Å². The highest BCUT2D eigenvalue weighted by atomic mass is 16.5. The minimum absolute atomic E-state index is 0.350. The van der Waals surface area contributed by atoms with Crippen molar-refractivity contribution in [1.29, 1.82) is 0 Å².